The van der Waals surface area contributed by atoms with Gasteiger partial charge in [0.15, 0.2) is 23.0 Å². The molecule has 6 heterocycles. The molecule has 1 unspecified atom stereocenters. The molecule has 0 fully saturated rings. The Labute approximate surface area is 228 Å². The number of anilines is 1. The highest BCUT2D eigenvalue weighted by Gasteiger charge is 2.20. The van der Waals surface area contributed by atoms with Crippen molar-refractivity contribution in [2.75, 3.05) is 12.1 Å². The van der Waals surface area contributed by atoms with Gasteiger partial charge < -0.3 is 24.9 Å². The number of hydrogen-bond donors (Lipinski definition) is 4. The maximum atomic E-state index is 10.3. The van der Waals surface area contributed by atoms with Crippen LogP contribution in [0, 0.1) is 0 Å². The summed E-state index contributed by atoms with van der Waals surface area (Å²) in [7, 11) is 0. The summed E-state index contributed by atoms with van der Waals surface area (Å²) in [5.41, 5.74) is 7.49. The number of nitrogens with zero attached hydrogens (tertiary/aromatic N) is 5. The van der Waals surface area contributed by atoms with Crippen molar-refractivity contribution in [1.29, 1.82) is 0 Å². The second-order valence-electron chi connectivity index (χ2n) is 9.64. The molecule has 11 heteroatoms. The van der Waals surface area contributed by atoms with Crippen LogP contribution in [0.1, 0.15) is 26.2 Å². The number of aromatic amines is 2. The summed E-state index contributed by atoms with van der Waals surface area (Å²) in [6.07, 6.45) is 7.21. The molecular formula is C29H26N8O3. The van der Waals surface area contributed by atoms with Crippen molar-refractivity contribution in [3.63, 3.8) is 0 Å². The number of aliphatic hydroxyl groups is 1. The number of aliphatic hydroxyl groups excluding tert-OH is 1. The second kappa shape index (κ2) is 9.93. The van der Waals surface area contributed by atoms with E-state index in [0.29, 0.717) is 40.5 Å². The van der Waals surface area contributed by atoms with Crippen LogP contribution in [0.15, 0.2) is 61.1 Å². The zero-order chi connectivity index (χ0) is 27.1. The second-order valence-corrected chi connectivity index (χ2v) is 9.64. The van der Waals surface area contributed by atoms with Crippen molar-refractivity contribution >= 4 is 27.8 Å². The van der Waals surface area contributed by atoms with Gasteiger partial charge in [-0.05, 0) is 55.3 Å². The number of nitrogens with one attached hydrogen (secondary N) is 3. The van der Waals surface area contributed by atoms with Crippen LogP contribution in [0.25, 0.3) is 56.1 Å². The first-order chi connectivity index (χ1) is 19.7. The van der Waals surface area contributed by atoms with E-state index in [1.165, 1.54) is 0 Å². The Morgan fingerprint density at radius 2 is 1.85 bits per heavy atom. The predicted molar refractivity (Wildman–Crippen MR) is 151 cm³/mol. The Morgan fingerprint density at radius 3 is 2.77 bits per heavy atom. The average molecular weight is 535 g/mol. The molecule has 6 aromatic rings. The molecule has 0 radical (unpaired) electrons. The zero-order valence-electron chi connectivity index (χ0n) is 21.7. The van der Waals surface area contributed by atoms with Crippen molar-refractivity contribution in [1.82, 2.24) is 35.1 Å². The largest absolute Gasteiger partial charge is 0.454 e. The van der Waals surface area contributed by atoms with Crippen molar-refractivity contribution in [2.24, 2.45) is 0 Å². The minimum absolute atomic E-state index is 0.210. The third-order valence-electron chi connectivity index (χ3n) is 6.88. The Hall–Kier alpha value is -5.03. The van der Waals surface area contributed by atoms with Crippen LogP contribution in [0.3, 0.4) is 0 Å². The predicted octanol–water partition coefficient (Wildman–Crippen LogP) is 5.27. The van der Waals surface area contributed by atoms with Gasteiger partial charge in [0.05, 0.1) is 34.3 Å². The SMILES string of the molecule is CCCCC(O)Nc1cncc(-c2ccc3[nH]nc(-c4nc5c(-c6ccc7c(c6)OCO7)nccc5[nH]4)c3n2)c1. The lowest BCUT2D eigenvalue weighted by Gasteiger charge is -2.14. The van der Waals surface area contributed by atoms with Gasteiger partial charge in [0.2, 0.25) is 6.79 Å². The summed E-state index contributed by atoms with van der Waals surface area (Å²) in [5, 5.41) is 21.0. The van der Waals surface area contributed by atoms with Crippen molar-refractivity contribution < 1.29 is 14.6 Å². The molecule has 0 bridgehead atoms. The van der Waals surface area contributed by atoms with Crippen LogP contribution >= 0.6 is 0 Å². The highest BCUT2D eigenvalue weighted by Crippen LogP contribution is 2.37. The normalized spacial score (nSPS) is 13.2. The third-order valence-corrected chi connectivity index (χ3v) is 6.88. The fourth-order valence-electron chi connectivity index (χ4n) is 4.85. The minimum atomic E-state index is -0.627. The van der Waals surface area contributed by atoms with E-state index in [1.54, 1.807) is 18.6 Å². The van der Waals surface area contributed by atoms with E-state index in [2.05, 4.69) is 37.4 Å². The Morgan fingerprint density at radius 1 is 0.950 bits per heavy atom. The first kappa shape index (κ1) is 24.0. The highest BCUT2D eigenvalue weighted by molar-refractivity contribution is 5.95. The van der Waals surface area contributed by atoms with E-state index >= 15 is 0 Å². The molecule has 1 atom stereocenters. The van der Waals surface area contributed by atoms with Gasteiger partial charge >= 0.3 is 0 Å². The first-order valence-electron chi connectivity index (χ1n) is 13.2. The van der Waals surface area contributed by atoms with E-state index in [1.807, 2.05) is 42.5 Å². The van der Waals surface area contributed by atoms with E-state index in [-0.39, 0.29) is 6.79 Å². The molecule has 7 rings (SSSR count). The number of H-pyrrole nitrogens is 2. The monoisotopic (exact) mass is 534 g/mol. The van der Waals surface area contributed by atoms with Crippen LogP contribution < -0.4 is 14.8 Å². The molecule has 4 N–H and O–H groups in total. The van der Waals surface area contributed by atoms with Gasteiger partial charge in [-0.1, -0.05) is 13.3 Å². The van der Waals surface area contributed by atoms with Crippen LogP contribution in [0.2, 0.25) is 0 Å². The van der Waals surface area contributed by atoms with Gasteiger partial charge in [-0.3, -0.25) is 15.1 Å². The lowest BCUT2D eigenvalue weighted by Crippen LogP contribution is -2.18. The Bertz CT molecular complexity index is 1850. The third kappa shape index (κ3) is 4.35. The summed E-state index contributed by atoms with van der Waals surface area (Å²) >= 11 is 0. The molecule has 1 aromatic carbocycles. The van der Waals surface area contributed by atoms with Crippen molar-refractivity contribution in [2.45, 2.75) is 32.4 Å². The fraction of sp³-hybridized carbons (Fsp3) is 0.207. The number of ether oxygens (including phenoxy) is 2. The summed E-state index contributed by atoms with van der Waals surface area (Å²) in [6, 6.07) is 13.4. The van der Waals surface area contributed by atoms with Gasteiger partial charge in [0.25, 0.3) is 0 Å². The standard InChI is InChI=1S/C29H26N8O3/c1-2-3-4-24(38)32-18-11-17(13-30-14-18)19-6-7-21-27(33-19)28(37-36-21)29-34-20-9-10-31-25(26(20)35-29)16-5-8-22-23(12-16)40-15-39-22/h5-14,24,32,38H,2-4,15H2,1H3,(H,34,35)(H,36,37). The topological polar surface area (TPSA) is 147 Å². The molecule has 1 aliphatic heterocycles. The van der Waals surface area contributed by atoms with E-state index in [9.17, 15) is 5.11 Å². The molecular weight excluding hydrogens is 508 g/mol. The fourth-order valence-corrected chi connectivity index (χ4v) is 4.85. The summed E-state index contributed by atoms with van der Waals surface area (Å²) < 4.78 is 11.0. The minimum Gasteiger partial charge on any atom is -0.454 e. The molecule has 0 aliphatic carbocycles. The molecule has 1 aliphatic rings. The van der Waals surface area contributed by atoms with Gasteiger partial charge in [0.1, 0.15) is 17.3 Å². The van der Waals surface area contributed by atoms with Crippen LogP contribution in [-0.4, -0.2) is 53.2 Å². The molecule has 200 valence electrons. The smallest absolute Gasteiger partial charge is 0.231 e. The maximum absolute atomic E-state index is 10.3. The first-order valence-corrected chi connectivity index (χ1v) is 13.2. The number of unbranched alkanes of at least 4 members (excludes halogenated alkanes) is 1. The quantitative estimate of drug-likeness (QED) is 0.192. The Balaban J connectivity index is 1.24. The molecule has 40 heavy (non-hydrogen) atoms. The lowest BCUT2D eigenvalue weighted by molar-refractivity contribution is 0.174. The van der Waals surface area contributed by atoms with Gasteiger partial charge in [-0.2, -0.15) is 5.10 Å². The summed E-state index contributed by atoms with van der Waals surface area (Å²) in [6.45, 7) is 2.31. The number of rotatable bonds is 8. The van der Waals surface area contributed by atoms with Gasteiger partial charge in [0, 0.05) is 23.5 Å². The molecule has 5 aromatic heterocycles. The van der Waals surface area contributed by atoms with Crippen molar-refractivity contribution in [3.05, 3.63) is 61.1 Å². The highest BCUT2D eigenvalue weighted by atomic mass is 16.7. The average Bonchev–Trinajstić information content (AvgIpc) is 3.73. The van der Waals surface area contributed by atoms with E-state index < -0.39 is 6.23 Å². The lowest BCUT2D eigenvalue weighted by atomic mass is 10.1. The number of fused-ring (bicyclic) bond motifs is 3. The molecule has 0 saturated carbocycles. The number of hydrogen-bond acceptors (Lipinski definition) is 9. The zero-order valence-corrected chi connectivity index (χ0v) is 21.7. The van der Waals surface area contributed by atoms with Crippen LogP contribution in [-0.2, 0) is 0 Å². The maximum Gasteiger partial charge on any atom is 0.231 e. The van der Waals surface area contributed by atoms with Crippen molar-refractivity contribution in [3.8, 4) is 45.5 Å². The number of benzene rings is 1. The van der Waals surface area contributed by atoms with Gasteiger partial charge in [-0.25, -0.2) is 9.97 Å². The van der Waals surface area contributed by atoms with E-state index in [0.717, 1.165) is 52.1 Å². The summed E-state index contributed by atoms with van der Waals surface area (Å²) in [4.78, 5) is 22.1. The Kier molecular flexibility index (Phi) is 5.97. The number of pyridine rings is 3. The molecule has 0 saturated heterocycles. The van der Waals surface area contributed by atoms with E-state index in [4.69, 9.17) is 19.4 Å². The van der Waals surface area contributed by atoms with Crippen LogP contribution in [0.4, 0.5) is 5.69 Å². The van der Waals surface area contributed by atoms with Gasteiger partial charge in [-0.15, -0.1) is 0 Å². The number of aromatic nitrogens is 7. The number of imidazole rings is 1. The summed E-state index contributed by atoms with van der Waals surface area (Å²) in [5.74, 6) is 1.98. The molecule has 0 spiro atoms. The molecule has 11 nitrogen and oxygen atoms in total. The molecule has 0 amide bonds. The van der Waals surface area contributed by atoms with Crippen LogP contribution in [0.5, 0.6) is 11.5 Å².